The lowest BCUT2D eigenvalue weighted by atomic mass is 10.1. The van der Waals surface area contributed by atoms with Crippen LogP contribution >= 0.6 is 0 Å². The number of hydrogen-bond acceptors (Lipinski definition) is 3. The van der Waals surface area contributed by atoms with E-state index in [0.29, 0.717) is 6.54 Å². The summed E-state index contributed by atoms with van der Waals surface area (Å²) in [7, 11) is 0. The van der Waals surface area contributed by atoms with Crippen LogP contribution in [0.15, 0.2) is 47.9 Å². The molecule has 4 heteroatoms. The van der Waals surface area contributed by atoms with Crippen LogP contribution in [-0.2, 0) is 9.53 Å². The van der Waals surface area contributed by atoms with Gasteiger partial charge in [-0.05, 0) is 37.1 Å². The van der Waals surface area contributed by atoms with E-state index < -0.39 is 0 Å². The molecule has 0 aromatic carbocycles. The highest BCUT2D eigenvalue weighted by atomic mass is 16.5. The number of carbonyl (C=O) groups excluding carboxylic acids is 1. The first-order valence-electron chi connectivity index (χ1n) is 6.74. The Labute approximate surface area is 113 Å². The van der Waals surface area contributed by atoms with Crippen molar-refractivity contribution in [1.82, 2.24) is 10.2 Å². The van der Waals surface area contributed by atoms with Gasteiger partial charge in [0.1, 0.15) is 0 Å². The average molecular weight is 258 g/mol. The van der Waals surface area contributed by atoms with Crippen LogP contribution in [0.25, 0.3) is 0 Å². The van der Waals surface area contributed by atoms with Crippen LogP contribution in [0.4, 0.5) is 0 Å². The van der Waals surface area contributed by atoms with Crippen molar-refractivity contribution >= 4 is 5.91 Å². The van der Waals surface area contributed by atoms with Crippen molar-refractivity contribution in [3.63, 3.8) is 0 Å². The van der Waals surface area contributed by atoms with Gasteiger partial charge in [-0.3, -0.25) is 4.79 Å². The van der Waals surface area contributed by atoms with Crippen LogP contribution in [-0.4, -0.2) is 36.6 Å². The van der Waals surface area contributed by atoms with E-state index in [1.807, 2.05) is 36.6 Å². The number of allylic oxidation sites excluding steroid dienone is 5. The van der Waals surface area contributed by atoms with Gasteiger partial charge in [0.15, 0.2) is 0 Å². The van der Waals surface area contributed by atoms with Gasteiger partial charge >= 0.3 is 0 Å². The summed E-state index contributed by atoms with van der Waals surface area (Å²) < 4.78 is 5.30. The number of nitrogens with zero attached hydrogens (tertiary/aromatic N) is 1. The number of rotatable bonds is 2. The van der Waals surface area contributed by atoms with Crippen molar-refractivity contribution in [1.29, 1.82) is 0 Å². The molecule has 0 aromatic rings. The first-order chi connectivity index (χ1) is 9.33. The summed E-state index contributed by atoms with van der Waals surface area (Å²) in [5.41, 5.74) is 1.94. The van der Waals surface area contributed by atoms with E-state index in [1.54, 1.807) is 0 Å². The maximum absolute atomic E-state index is 12.2. The Kier molecular flexibility index (Phi) is 3.51. The summed E-state index contributed by atoms with van der Waals surface area (Å²) >= 11 is 0. The van der Waals surface area contributed by atoms with Crippen molar-refractivity contribution in [2.24, 2.45) is 0 Å². The standard InChI is InChI=1S/C15H18N2O2/c18-15(16-13-6-9-19-10-7-13)12-4-5-14-3-1-2-8-17(14)11-12/h1-5,8,13H,6-7,9-11H2,(H,16,18). The minimum Gasteiger partial charge on any atom is -0.381 e. The van der Waals surface area contributed by atoms with Gasteiger partial charge in [0, 0.05) is 36.7 Å². The molecular weight excluding hydrogens is 240 g/mol. The van der Waals surface area contributed by atoms with Crippen LogP contribution in [0, 0.1) is 0 Å². The van der Waals surface area contributed by atoms with Crippen molar-refractivity contribution in [2.75, 3.05) is 19.8 Å². The van der Waals surface area contributed by atoms with Gasteiger partial charge in [-0.1, -0.05) is 6.08 Å². The molecule has 3 aliphatic heterocycles. The summed E-state index contributed by atoms with van der Waals surface area (Å²) in [6.07, 6.45) is 13.8. The Hall–Kier alpha value is -1.81. The molecule has 0 unspecified atom stereocenters. The van der Waals surface area contributed by atoms with Gasteiger partial charge in [0.25, 0.3) is 0 Å². The Morgan fingerprint density at radius 3 is 2.95 bits per heavy atom. The fourth-order valence-corrected chi connectivity index (χ4v) is 2.47. The SMILES string of the molecule is O=C(NC1CCOCC1)C1=CC=C2C=CC=CN2C1. The molecule has 0 aromatic heterocycles. The van der Waals surface area contributed by atoms with Crippen LogP contribution < -0.4 is 5.32 Å². The smallest absolute Gasteiger partial charge is 0.249 e. The lowest BCUT2D eigenvalue weighted by molar-refractivity contribution is -0.118. The maximum atomic E-state index is 12.2. The van der Waals surface area contributed by atoms with Gasteiger partial charge in [0.2, 0.25) is 5.91 Å². The third-order valence-corrected chi connectivity index (χ3v) is 3.62. The zero-order valence-corrected chi connectivity index (χ0v) is 10.8. The van der Waals surface area contributed by atoms with E-state index in [2.05, 4.69) is 10.2 Å². The zero-order valence-electron chi connectivity index (χ0n) is 10.8. The molecule has 1 N–H and O–H groups in total. The lowest BCUT2D eigenvalue weighted by Gasteiger charge is -2.29. The molecule has 100 valence electrons. The van der Waals surface area contributed by atoms with E-state index >= 15 is 0 Å². The Bertz CT molecular complexity index is 482. The largest absolute Gasteiger partial charge is 0.381 e. The summed E-state index contributed by atoms with van der Waals surface area (Å²) in [5, 5.41) is 3.10. The van der Waals surface area contributed by atoms with Crippen molar-refractivity contribution in [3.05, 3.63) is 47.9 Å². The molecular formula is C15H18N2O2. The molecule has 4 nitrogen and oxygen atoms in total. The third kappa shape index (κ3) is 2.79. The molecule has 0 aliphatic carbocycles. The highest BCUT2D eigenvalue weighted by molar-refractivity contribution is 5.94. The fourth-order valence-electron chi connectivity index (χ4n) is 2.47. The maximum Gasteiger partial charge on any atom is 0.249 e. The second kappa shape index (κ2) is 5.45. The van der Waals surface area contributed by atoms with E-state index in [4.69, 9.17) is 4.74 Å². The minimum absolute atomic E-state index is 0.0464. The minimum atomic E-state index is 0.0464. The molecule has 0 atom stereocenters. The average Bonchev–Trinajstić information content (AvgIpc) is 2.48. The summed E-state index contributed by atoms with van der Waals surface area (Å²) in [5.74, 6) is 0.0464. The second-order valence-electron chi connectivity index (χ2n) is 4.97. The highest BCUT2D eigenvalue weighted by Gasteiger charge is 2.21. The van der Waals surface area contributed by atoms with Gasteiger partial charge in [-0.2, -0.15) is 0 Å². The Morgan fingerprint density at radius 1 is 1.26 bits per heavy atom. The molecule has 0 bridgehead atoms. The van der Waals surface area contributed by atoms with Gasteiger partial charge in [-0.15, -0.1) is 0 Å². The topological polar surface area (TPSA) is 41.6 Å². The first kappa shape index (κ1) is 12.2. The van der Waals surface area contributed by atoms with Crippen LogP contribution in [0.5, 0.6) is 0 Å². The number of carbonyl (C=O) groups is 1. The summed E-state index contributed by atoms with van der Waals surface area (Å²) in [4.78, 5) is 14.3. The van der Waals surface area contributed by atoms with Crippen LogP contribution in [0.1, 0.15) is 12.8 Å². The molecule has 3 aliphatic rings. The number of hydrogen-bond donors (Lipinski definition) is 1. The molecule has 3 heterocycles. The predicted molar refractivity (Wildman–Crippen MR) is 73.1 cm³/mol. The van der Waals surface area contributed by atoms with Crippen LogP contribution in [0.3, 0.4) is 0 Å². The van der Waals surface area contributed by atoms with Crippen molar-refractivity contribution < 1.29 is 9.53 Å². The number of amides is 1. The normalized spacial score (nSPS) is 22.6. The number of ether oxygens (including phenoxy) is 1. The fraction of sp³-hybridized carbons (Fsp3) is 0.400. The molecule has 1 saturated heterocycles. The molecule has 0 radical (unpaired) electrons. The highest BCUT2D eigenvalue weighted by Crippen LogP contribution is 2.19. The molecule has 1 fully saturated rings. The quantitative estimate of drug-likeness (QED) is 0.816. The van der Waals surface area contributed by atoms with Crippen LogP contribution in [0.2, 0.25) is 0 Å². The summed E-state index contributed by atoms with van der Waals surface area (Å²) in [6.45, 7) is 2.13. The summed E-state index contributed by atoms with van der Waals surface area (Å²) in [6, 6.07) is 0.254. The van der Waals surface area contributed by atoms with Gasteiger partial charge < -0.3 is 15.0 Å². The monoisotopic (exact) mass is 258 g/mol. The van der Waals surface area contributed by atoms with E-state index in [-0.39, 0.29) is 11.9 Å². The molecule has 1 amide bonds. The molecule has 0 spiro atoms. The lowest BCUT2D eigenvalue weighted by Crippen LogP contribution is -2.41. The third-order valence-electron chi connectivity index (χ3n) is 3.62. The van der Waals surface area contributed by atoms with Gasteiger partial charge in [0.05, 0.1) is 6.54 Å². The second-order valence-corrected chi connectivity index (χ2v) is 4.97. The predicted octanol–water partition coefficient (Wildman–Crippen LogP) is 1.49. The zero-order chi connectivity index (χ0) is 13.1. The van der Waals surface area contributed by atoms with E-state index in [9.17, 15) is 4.79 Å². The van der Waals surface area contributed by atoms with Crippen molar-refractivity contribution in [2.45, 2.75) is 18.9 Å². The van der Waals surface area contributed by atoms with Gasteiger partial charge in [-0.25, -0.2) is 0 Å². The number of fused-ring (bicyclic) bond motifs is 1. The Balaban J connectivity index is 1.64. The van der Waals surface area contributed by atoms with E-state index in [0.717, 1.165) is 37.3 Å². The first-order valence-corrected chi connectivity index (χ1v) is 6.74. The molecule has 0 saturated carbocycles. The Morgan fingerprint density at radius 2 is 2.11 bits per heavy atom. The van der Waals surface area contributed by atoms with E-state index in [1.165, 1.54) is 0 Å². The van der Waals surface area contributed by atoms with Crippen molar-refractivity contribution in [3.8, 4) is 0 Å². The molecule has 3 rings (SSSR count). The molecule has 19 heavy (non-hydrogen) atoms. The number of nitrogens with one attached hydrogen (secondary N) is 1.